The van der Waals surface area contributed by atoms with Crippen LogP contribution in [0.4, 0.5) is 11.4 Å². The molecule has 4 rings (SSSR count). The summed E-state index contributed by atoms with van der Waals surface area (Å²) in [5.74, 6) is -1.17. The molecule has 1 saturated heterocycles. The minimum Gasteiger partial charge on any atom is -0.494 e. The normalized spacial score (nSPS) is 15.6. The molecule has 1 aliphatic heterocycles. The van der Waals surface area contributed by atoms with Gasteiger partial charge in [-0.2, -0.15) is 4.37 Å². The van der Waals surface area contributed by atoms with Gasteiger partial charge in [0.25, 0.3) is 11.8 Å². The number of carbonyl (C=O) groups excluding carboxylic acids is 3. The number of ether oxygens (including phenoxy) is 2. The van der Waals surface area contributed by atoms with Crippen molar-refractivity contribution in [3.8, 4) is 5.75 Å². The molecule has 0 spiro atoms. The monoisotopic (exact) mass is 537 g/mol. The molecular formula is C27H31N5O5S. The second-order valence-corrected chi connectivity index (χ2v) is 9.71. The van der Waals surface area contributed by atoms with Crippen LogP contribution in [-0.4, -0.2) is 48.0 Å². The maximum absolute atomic E-state index is 14.1. The summed E-state index contributed by atoms with van der Waals surface area (Å²) in [4.78, 5) is 41.0. The number of aromatic nitrogens is 1. The number of hydrogen-bond donors (Lipinski definition) is 3. The van der Waals surface area contributed by atoms with Crippen LogP contribution in [0, 0.1) is 6.92 Å². The predicted octanol–water partition coefficient (Wildman–Crippen LogP) is 3.21. The van der Waals surface area contributed by atoms with Gasteiger partial charge in [0.15, 0.2) is 5.69 Å². The standard InChI is InChI=1S/C27H31N5O5S/c1-3-36-19-12-8-17(9-13-19)23(26(34)30-15-20-5-4-14-37-20)32(18-10-6-16(2)7-11-18)27(35)24-21(28)22(25(29)33)31-38-24/h6-13,20,23H,3-5,14-15,28H2,1-2H3,(H2,29,33)(H,30,34)/t20-,23-/m1/s1. The first kappa shape index (κ1) is 27.1. The van der Waals surface area contributed by atoms with Gasteiger partial charge >= 0.3 is 0 Å². The predicted molar refractivity (Wildman–Crippen MR) is 145 cm³/mol. The number of nitrogen functional groups attached to an aromatic ring is 1. The molecular weight excluding hydrogens is 506 g/mol. The molecule has 200 valence electrons. The van der Waals surface area contributed by atoms with Crippen LogP contribution < -0.4 is 26.4 Å². The van der Waals surface area contributed by atoms with Crippen molar-refractivity contribution < 1.29 is 23.9 Å². The molecule has 2 atom stereocenters. The smallest absolute Gasteiger partial charge is 0.273 e. The highest BCUT2D eigenvalue weighted by atomic mass is 32.1. The van der Waals surface area contributed by atoms with Crippen LogP contribution in [0.2, 0.25) is 0 Å². The van der Waals surface area contributed by atoms with Crippen molar-refractivity contribution in [2.75, 3.05) is 30.4 Å². The lowest BCUT2D eigenvalue weighted by Gasteiger charge is -2.31. The van der Waals surface area contributed by atoms with Crippen molar-refractivity contribution in [3.63, 3.8) is 0 Å². The number of primary amides is 1. The minimum atomic E-state index is -1.07. The Hall–Kier alpha value is -3.96. The molecule has 0 aliphatic carbocycles. The number of hydrogen-bond acceptors (Lipinski definition) is 8. The number of amides is 3. The Kier molecular flexibility index (Phi) is 8.59. The summed E-state index contributed by atoms with van der Waals surface area (Å²) in [6.45, 7) is 5.27. The number of anilines is 2. The van der Waals surface area contributed by atoms with Gasteiger partial charge < -0.3 is 26.3 Å². The topological polar surface area (TPSA) is 150 Å². The van der Waals surface area contributed by atoms with E-state index in [1.165, 1.54) is 4.90 Å². The molecule has 3 aromatic rings. The summed E-state index contributed by atoms with van der Waals surface area (Å²) >= 11 is 0.767. The lowest BCUT2D eigenvalue weighted by Crippen LogP contribution is -2.45. The van der Waals surface area contributed by atoms with E-state index in [0.717, 1.165) is 29.9 Å². The lowest BCUT2D eigenvalue weighted by atomic mass is 10.0. The molecule has 3 amide bonds. The number of benzene rings is 2. The van der Waals surface area contributed by atoms with Crippen molar-refractivity contribution in [1.29, 1.82) is 0 Å². The Balaban J connectivity index is 1.79. The SMILES string of the molecule is CCOc1ccc([C@H](C(=O)NC[C@H]2CCCO2)N(C(=O)c2snc(C(N)=O)c2N)c2ccc(C)cc2)cc1. The Morgan fingerprint density at radius 2 is 1.89 bits per heavy atom. The Labute approximate surface area is 225 Å². The molecule has 2 aromatic carbocycles. The average Bonchev–Trinajstić information content (AvgIpc) is 3.57. The number of nitrogens with one attached hydrogen (secondary N) is 1. The summed E-state index contributed by atoms with van der Waals surface area (Å²) in [7, 11) is 0. The molecule has 38 heavy (non-hydrogen) atoms. The minimum absolute atomic E-state index is 0.0160. The van der Waals surface area contributed by atoms with E-state index in [0.29, 0.717) is 36.8 Å². The van der Waals surface area contributed by atoms with E-state index in [9.17, 15) is 14.4 Å². The number of rotatable bonds is 10. The average molecular weight is 538 g/mol. The highest BCUT2D eigenvalue weighted by molar-refractivity contribution is 7.09. The molecule has 0 radical (unpaired) electrons. The summed E-state index contributed by atoms with van der Waals surface area (Å²) < 4.78 is 15.2. The van der Waals surface area contributed by atoms with E-state index in [4.69, 9.17) is 20.9 Å². The third kappa shape index (κ3) is 5.95. The fourth-order valence-electron chi connectivity index (χ4n) is 4.27. The fourth-order valence-corrected chi connectivity index (χ4v) is 5.02. The molecule has 1 fully saturated rings. The van der Waals surface area contributed by atoms with Gasteiger partial charge in [0.2, 0.25) is 5.91 Å². The van der Waals surface area contributed by atoms with Crippen molar-refractivity contribution in [1.82, 2.24) is 9.69 Å². The van der Waals surface area contributed by atoms with Crippen molar-refractivity contribution >= 4 is 40.6 Å². The summed E-state index contributed by atoms with van der Waals surface area (Å²) in [5.41, 5.74) is 13.2. The number of nitrogens with zero attached hydrogens (tertiary/aromatic N) is 2. The third-order valence-corrected chi connectivity index (χ3v) is 7.08. The van der Waals surface area contributed by atoms with E-state index in [2.05, 4.69) is 9.69 Å². The van der Waals surface area contributed by atoms with Gasteiger partial charge in [0.1, 0.15) is 16.7 Å². The van der Waals surface area contributed by atoms with Crippen LogP contribution in [0.15, 0.2) is 48.5 Å². The van der Waals surface area contributed by atoms with Crippen LogP contribution >= 0.6 is 11.5 Å². The number of nitrogens with two attached hydrogens (primary N) is 2. The van der Waals surface area contributed by atoms with E-state index in [-0.39, 0.29) is 22.4 Å². The number of carbonyl (C=O) groups is 3. The molecule has 10 nitrogen and oxygen atoms in total. The van der Waals surface area contributed by atoms with Gasteiger partial charge in [-0.1, -0.05) is 29.8 Å². The van der Waals surface area contributed by atoms with Gasteiger partial charge in [-0.25, -0.2) is 0 Å². The third-order valence-electron chi connectivity index (χ3n) is 6.23. The van der Waals surface area contributed by atoms with Crippen LogP contribution in [0.3, 0.4) is 0 Å². The molecule has 5 N–H and O–H groups in total. The Bertz CT molecular complexity index is 1290. The summed E-state index contributed by atoms with van der Waals surface area (Å²) in [6.07, 6.45) is 1.70. The van der Waals surface area contributed by atoms with Crippen molar-refractivity contribution in [2.45, 2.75) is 38.8 Å². The van der Waals surface area contributed by atoms with Gasteiger partial charge in [-0.05, 0) is 68.1 Å². The van der Waals surface area contributed by atoms with Gasteiger partial charge in [-0.3, -0.25) is 19.3 Å². The van der Waals surface area contributed by atoms with Gasteiger partial charge in [0, 0.05) is 18.8 Å². The largest absolute Gasteiger partial charge is 0.494 e. The van der Waals surface area contributed by atoms with Crippen molar-refractivity contribution in [2.24, 2.45) is 5.73 Å². The van der Waals surface area contributed by atoms with Gasteiger partial charge in [0.05, 0.1) is 18.4 Å². The van der Waals surface area contributed by atoms with Gasteiger partial charge in [-0.15, -0.1) is 0 Å². The van der Waals surface area contributed by atoms with Crippen LogP contribution in [0.1, 0.15) is 57.1 Å². The van der Waals surface area contributed by atoms with E-state index < -0.39 is 23.8 Å². The number of aryl methyl sites for hydroxylation is 1. The molecule has 1 aliphatic rings. The zero-order valence-electron chi connectivity index (χ0n) is 21.3. The fraction of sp³-hybridized carbons (Fsp3) is 0.333. The quantitative estimate of drug-likeness (QED) is 0.359. The van der Waals surface area contributed by atoms with E-state index in [1.54, 1.807) is 36.4 Å². The molecule has 0 saturated carbocycles. The summed E-state index contributed by atoms with van der Waals surface area (Å²) in [5, 5.41) is 2.96. The summed E-state index contributed by atoms with van der Waals surface area (Å²) in [6, 6.07) is 13.2. The molecule has 11 heteroatoms. The Morgan fingerprint density at radius 3 is 2.47 bits per heavy atom. The maximum Gasteiger partial charge on any atom is 0.273 e. The first-order chi connectivity index (χ1) is 18.3. The highest BCUT2D eigenvalue weighted by Crippen LogP contribution is 2.34. The van der Waals surface area contributed by atoms with E-state index in [1.807, 2.05) is 26.0 Å². The Morgan fingerprint density at radius 1 is 1.18 bits per heavy atom. The molecule has 0 bridgehead atoms. The first-order valence-corrected chi connectivity index (χ1v) is 13.1. The molecule has 0 unspecified atom stereocenters. The maximum atomic E-state index is 14.1. The van der Waals surface area contributed by atoms with Crippen LogP contribution in [0.25, 0.3) is 0 Å². The highest BCUT2D eigenvalue weighted by Gasteiger charge is 2.36. The van der Waals surface area contributed by atoms with E-state index >= 15 is 0 Å². The first-order valence-electron chi connectivity index (χ1n) is 12.4. The second kappa shape index (κ2) is 12.1. The van der Waals surface area contributed by atoms with Crippen LogP contribution in [0.5, 0.6) is 5.75 Å². The molecule has 1 aromatic heterocycles. The molecule has 2 heterocycles. The zero-order valence-corrected chi connectivity index (χ0v) is 22.1. The van der Waals surface area contributed by atoms with Crippen LogP contribution in [-0.2, 0) is 9.53 Å². The van der Waals surface area contributed by atoms with Crippen molar-refractivity contribution in [3.05, 3.63) is 70.2 Å². The lowest BCUT2D eigenvalue weighted by molar-refractivity contribution is -0.123. The zero-order chi connectivity index (χ0) is 27.2. The second-order valence-electron chi connectivity index (χ2n) is 8.93.